The standard InChI is InChI=1S/C12H7ClN4O3/c1-14-7-3-4-9(13)8(5-7)12(18)10-6-11(17(19)20)15-16(10)2/h3-6H,2H3. The van der Waals surface area contributed by atoms with Crippen LogP contribution in [-0.4, -0.2) is 20.5 Å². The molecule has 0 radical (unpaired) electrons. The van der Waals surface area contributed by atoms with Crippen molar-refractivity contribution >= 4 is 28.9 Å². The molecular weight excluding hydrogens is 284 g/mol. The summed E-state index contributed by atoms with van der Waals surface area (Å²) < 4.78 is 1.11. The van der Waals surface area contributed by atoms with Crippen molar-refractivity contribution in [1.82, 2.24) is 9.78 Å². The van der Waals surface area contributed by atoms with E-state index in [1.54, 1.807) is 0 Å². The van der Waals surface area contributed by atoms with Gasteiger partial charge in [-0.15, -0.1) is 0 Å². The third-order valence-electron chi connectivity index (χ3n) is 2.61. The summed E-state index contributed by atoms with van der Waals surface area (Å²) in [5.74, 6) is -0.947. The average Bonchev–Trinajstić information content (AvgIpc) is 2.81. The number of nitro groups is 1. The smallest absolute Gasteiger partial charge is 0.358 e. The Balaban J connectivity index is 2.52. The quantitative estimate of drug-likeness (QED) is 0.377. The lowest BCUT2D eigenvalue weighted by molar-refractivity contribution is -0.389. The van der Waals surface area contributed by atoms with E-state index in [-0.39, 0.29) is 22.0 Å². The Bertz CT molecular complexity index is 761. The van der Waals surface area contributed by atoms with Gasteiger partial charge in [-0.3, -0.25) is 4.79 Å². The van der Waals surface area contributed by atoms with Crippen LogP contribution < -0.4 is 0 Å². The van der Waals surface area contributed by atoms with E-state index in [1.807, 2.05) is 0 Å². The van der Waals surface area contributed by atoms with Crippen LogP contribution in [-0.2, 0) is 7.05 Å². The lowest BCUT2D eigenvalue weighted by Gasteiger charge is -2.02. The molecule has 0 aliphatic rings. The Morgan fingerprint density at radius 2 is 2.20 bits per heavy atom. The summed E-state index contributed by atoms with van der Waals surface area (Å²) in [6.07, 6.45) is 0. The molecule has 0 amide bonds. The first kappa shape index (κ1) is 13.7. The van der Waals surface area contributed by atoms with E-state index in [9.17, 15) is 14.9 Å². The van der Waals surface area contributed by atoms with E-state index in [2.05, 4.69) is 9.94 Å². The molecule has 0 spiro atoms. The summed E-state index contributed by atoms with van der Waals surface area (Å²) >= 11 is 5.93. The number of rotatable bonds is 3. The molecule has 0 saturated carbocycles. The first-order valence-electron chi connectivity index (χ1n) is 5.34. The number of aromatic nitrogens is 2. The van der Waals surface area contributed by atoms with Gasteiger partial charge in [0.25, 0.3) is 0 Å². The monoisotopic (exact) mass is 290 g/mol. The van der Waals surface area contributed by atoms with E-state index in [1.165, 1.54) is 25.2 Å². The number of aryl methyl sites for hydroxylation is 1. The molecule has 100 valence electrons. The lowest BCUT2D eigenvalue weighted by atomic mass is 10.1. The highest BCUT2D eigenvalue weighted by molar-refractivity contribution is 6.35. The number of hydrogen-bond donors (Lipinski definition) is 0. The Morgan fingerprint density at radius 3 is 2.75 bits per heavy atom. The fraction of sp³-hybridized carbons (Fsp3) is 0.0833. The highest BCUT2D eigenvalue weighted by Gasteiger charge is 2.23. The molecule has 0 aliphatic heterocycles. The van der Waals surface area contributed by atoms with Crippen molar-refractivity contribution < 1.29 is 9.72 Å². The molecule has 20 heavy (non-hydrogen) atoms. The number of carbonyl (C=O) groups is 1. The van der Waals surface area contributed by atoms with Gasteiger partial charge in [0.15, 0.2) is 5.69 Å². The Labute approximate surface area is 118 Å². The van der Waals surface area contributed by atoms with E-state index in [0.717, 1.165) is 10.7 Å². The molecule has 1 heterocycles. The summed E-state index contributed by atoms with van der Waals surface area (Å²) in [7, 11) is 1.42. The molecule has 2 aromatic rings. The largest absolute Gasteiger partial charge is 0.390 e. The number of nitrogens with zero attached hydrogens (tertiary/aromatic N) is 4. The van der Waals surface area contributed by atoms with Gasteiger partial charge in [-0.2, -0.15) is 4.68 Å². The van der Waals surface area contributed by atoms with Crippen molar-refractivity contribution in [1.29, 1.82) is 0 Å². The maximum absolute atomic E-state index is 12.3. The summed E-state index contributed by atoms with van der Waals surface area (Å²) in [5.41, 5.74) is 0.396. The molecular formula is C12H7ClN4O3. The van der Waals surface area contributed by atoms with Crippen LogP contribution in [0.4, 0.5) is 11.5 Å². The van der Waals surface area contributed by atoms with Crippen molar-refractivity contribution in [2.75, 3.05) is 0 Å². The second kappa shape index (κ2) is 5.11. The van der Waals surface area contributed by atoms with Crippen molar-refractivity contribution in [3.05, 3.63) is 62.1 Å². The molecule has 8 heteroatoms. The van der Waals surface area contributed by atoms with Crippen molar-refractivity contribution in [3.63, 3.8) is 0 Å². The molecule has 0 bridgehead atoms. The molecule has 1 aromatic heterocycles. The van der Waals surface area contributed by atoms with Crippen LogP contribution in [0, 0.1) is 16.7 Å². The van der Waals surface area contributed by atoms with E-state index >= 15 is 0 Å². The predicted octanol–water partition coefficient (Wildman–Crippen LogP) is 2.76. The minimum Gasteiger partial charge on any atom is -0.358 e. The summed E-state index contributed by atoms with van der Waals surface area (Å²) in [6.45, 7) is 6.92. The normalized spacial score (nSPS) is 10.1. The van der Waals surface area contributed by atoms with Gasteiger partial charge in [0.05, 0.1) is 24.8 Å². The predicted molar refractivity (Wildman–Crippen MR) is 71.0 cm³/mol. The van der Waals surface area contributed by atoms with Crippen LogP contribution in [0.1, 0.15) is 16.1 Å². The number of hydrogen-bond acceptors (Lipinski definition) is 4. The molecule has 7 nitrogen and oxygen atoms in total. The van der Waals surface area contributed by atoms with Gasteiger partial charge >= 0.3 is 5.82 Å². The topological polar surface area (TPSA) is 82.4 Å². The van der Waals surface area contributed by atoms with Crippen LogP contribution in [0.15, 0.2) is 24.3 Å². The van der Waals surface area contributed by atoms with Crippen molar-refractivity contribution in [3.8, 4) is 0 Å². The number of ketones is 1. The van der Waals surface area contributed by atoms with Gasteiger partial charge in [-0.1, -0.05) is 23.7 Å². The van der Waals surface area contributed by atoms with Crippen molar-refractivity contribution in [2.24, 2.45) is 7.05 Å². The third-order valence-corrected chi connectivity index (χ3v) is 2.94. The second-order valence-corrected chi connectivity index (χ2v) is 4.28. The lowest BCUT2D eigenvalue weighted by Crippen LogP contribution is -2.08. The molecule has 1 aromatic carbocycles. The minimum absolute atomic E-state index is 0.0285. The van der Waals surface area contributed by atoms with E-state index < -0.39 is 16.5 Å². The van der Waals surface area contributed by atoms with Gasteiger partial charge in [-0.25, -0.2) is 4.85 Å². The maximum atomic E-state index is 12.3. The fourth-order valence-corrected chi connectivity index (χ4v) is 1.85. The van der Waals surface area contributed by atoms with Gasteiger partial charge in [-0.05, 0) is 11.0 Å². The van der Waals surface area contributed by atoms with E-state index in [4.69, 9.17) is 18.2 Å². The van der Waals surface area contributed by atoms with Gasteiger partial charge in [0, 0.05) is 10.6 Å². The first-order valence-corrected chi connectivity index (χ1v) is 5.72. The number of halogens is 1. The molecule has 0 fully saturated rings. The van der Waals surface area contributed by atoms with E-state index in [0.29, 0.717) is 0 Å². The Kier molecular flexibility index (Phi) is 3.50. The molecule has 0 saturated heterocycles. The second-order valence-electron chi connectivity index (χ2n) is 3.87. The highest BCUT2D eigenvalue weighted by Crippen LogP contribution is 2.25. The summed E-state index contributed by atoms with van der Waals surface area (Å²) in [4.78, 5) is 25.5. The molecule has 0 aliphatic carbocycles. The highest BCUT2D eigenvalue weighted by atomic mass is 35.5. The van der Waals surface area contributed by atoms with Crippen LogP contribution in [0.2, 0.25) is 5.02 Å². The van der Waals surface area contributed by atoms with Gasteiger partial charge in [0.2, 0.25) is 5.78 Å². The Morgan fingerprint density at radius 1 is 1.50 bits per heavy atom. The third kappa shape index (κ3) is 2.37. The molecule has 2 rings (SSSR count). The molecule has 0 unspecified atom stereocenters. The maximum Gasteiger partial charge on any atom is 0.390 e. The van der Waals surface area contributed by atoms with Gasteiger partial charge < -0.3 is 10.1 Å². The van der Waals surface area contributed by atoms with Crippen LogP contribution in [0.5, 0.6) is 0 Å². The molecule has 0 N–H and O–H groups in total. The van der Waals surface area contributed by atoms with Crippen LogP contribution in [0.25, 0.3) is 4.85 Å². The van der Waals surface area contributed by atoms with Crippen molar-refractivity contribution in [2.45, 2.75) is 0 Å². The zero-order chi connectivity index (χ0) is 14.9. The van der Waals surface area contributed by atoms with Gasteiger partial charge in [0.1, 0.15) is 5.69 Å². The summed E-state index contributed by atoms with van der Waals surface area (Å²) in [5, 5.41) is 14.4. The average molecular weight is 291 g/mol. The zero-order valence-corrected chi connectivity index (χ0v) is 11.0. The Hall–Kier alpha value is -2.72. The fourth-order valence-electron chi connectivity index (χ4n) is 1.65. The minimum atomic E-state index is -0.687. The molecule has 0 atom stereocenters. The number of carbonyl (C=O) groups excluding carboxylic acids is 1. The SMILES string of the molecule is [C-]#[N+]c1ccc(Cl)c(C(=O)c2cc([N+](=O)[O-])nn2C)c1. The summed E-state index contributed by atoms with van der Waals surface area (Å²) in [6, 6.07) is 5.34. The zero-order valence-electron chi connectivity index (χ0n) is 10.2. The van der Waals surface area contributed by atoms with Crippen LogP contribution >= 0.6 is 11.6 Å². The first-order chi connectivity index (χ1) is 9.43. The van der Waals surface area contributed by atoms with Crippen LogP contribution in [0.3, 0.4) is 0 Å². The number of benzene rings is 1.